The van der Waals surface area contributed by atoms with Gasteiger partial charge in [0.2, 0.25) is 5.91 Å². The summed E-state index contributed by atoms with van der Waals surface area (Å²) in [7, 11) is 0. The zero-order valence-corrected chi connectivity index (χ0v) is 19.4. The minimum atomic E-state index is -0.486. The standard InChI is InChI=1S/C21H26ClFN6OS/c1-4-31-21-27-19(25-11-13(2)3)15-12-26-29(20(15)28-21)9-8-24-18(30)10-14-16(22)6-5-7-17(14)23/h5-7,12-13H,4,8-11H2,1-3H3,(H,24,30)(H,25,27,28). The number of benzene rings is 1. The third-order valence-corrected chi connectivity index (χ3v) is 5.56. The molecule has 1 amide bonds. The van der Waals surface area contributed by atoms with Crippen molar-refractivity contribution in [3.63, 3.8) is 0 Å². The monoisotopic (exact) mass is 464 g/mol. The molecule has 3 aromatic rings. The molecule has 166 valence electrons. The molecular formula is C21H26ClFN6OS. The highest BCUT2D eigenvalue weighted by Crippen LogP contribution is 2.24. The van der Waals surface area contributed by atoms with E-state index in [0.717, 1.165) is 23.5 Å². The van der Waals surface area contributed by atoms with Crippen LogP contribution in [0, 0.1) is 11.7 Å². The van der Waals surface area contributed by atoms with Gasteiger partial charge in [0.15, 0.2) is 10.8 Å². The van der Waals surface area contributed by atoms with Crippen molar-refractivity contribution in [3.8, 4) is 0 Å². The predicted molar refractivity (Wildman–Crippen MR) is 123 cm³/mol. The van der Waals surface area contributed by atoms with Gasteiger partial charge >= 0.3 is 0 Å². The molecule has 0 unspecified atom stereocenters. The van der Waals surface area contributed by atoms with Crippen molar-refractivity contribution in [1.29, 1.82) is 0 Å². The molecule has 0 saturated heterocycles. The van der Waals surface area contributed by atoms with Crippen molar-refractivity contribution in [3.05, 3.63) is 40.8 Å². The van der Waals surface area contributed by atoms with Crippen molar-refractivity contribution in [2.45, 2.75) is 38.9 Å². The van der Waals surface area contributed by atoms with Gasteiger partial charge in [-0.2, -0.15) is 5.10 Å². The van der Waals surface area contributed by atoms with Crippen LogP contribution in [0.15, 0.2) is 29.6 Å². The molecule has 3 rings (SSSR count). The molecule has 0 spiro atoms. The van der Waals surface area contributed by atoms with Crippen molar-refractivity contribution in [2.24, 2.45) is 5.92 Å². The Kier molecular flexibility index (Phi) is 8.09. The maximum Gasteiger partial charge on any atom is 0.224 e. The maximum absolute atomic E-state index is 13.9. The van der Waals surface area contributed by atoms with E-state index in [1.54, 1.807) is 28.7 Å². The third-order valence-electron chi connectivity index (χ3n) is 4.47. The minimum absolute atomic E-state index is 0.117. The van der Waals surface area contributed by atoms with Gasteiger partial charge < -0.3 is 10.6 Å². The molecule has 0 radical (unpaired) electrons. The molecular weight excluding hydrogens is 439 g/mol. The summed E-state index contributed by atoms with van der Waals surface area (Å²) in [5.74, 6) is 1.30. The summed E-state index contributed by atoms with van der Waals surface area (Å²) in [5.41, 5.74) is 0.907. The van der Waals surface area contributed by atoms with Gasteiger partial charge in [-0.15, -0.1) is 0 Å². The SMILES string of the molecule is CCSc1nc(NCC(C)C)c2cnn(CCNC(=O)Cc3c(F)cccc3Cl)c2n1. The van der Waals surface area contributed by atoms with Gasteiger partial charge in [0.05, 0.1) is 24.5 Å². The van der Waals surface area contributed by atoms with Crippen LogP contribution in [0.5, 0.6) is 0 Å². The van der Waals surface area contributed by atoms with Crippen molar-refractivity contribution in [2.75, 3.05) is 24.2 Å². The average Bonchev–Trinajstić information content (AvgIpc) is 3.12. The molecule has 2 heterocycles. The molecule has 0 saturated carbocycles. The smallest absolute Gasteiger partial charge is 0.224 e. The van der Waals surface area contributed by atoms with Gasteiger partial charge in [-0.05, 0) is 23.8 Å². The first-order valence-electron chi connectivity index (χ1n) is 10.2. The van der Waals surface area contributed by atoms with Crippen molar-refractivity contribution in [1.82, 2.24) is 25.1 Å². The normalized spacial score (nSPS) is 11.3. The number of fused-ring (bicyclic) bond motifs is 1. The molecule has 0 aliphatic heterocycles. The first-order chi connectivity index (χ1) is 14.9. The summed E-state index contributed by atoms with van der Waals surface area (Å²) in [5, 5.41) is 12.4. The molecule has 7 nitrogen and oxygen atoms in total. The van der Waals surface area contributed by atoms with Gasteiger partial charge in [0, 0.05) is 23.7 Å². The Balaban J connectivity index is 1.69. The molecule has 31 heavy (non-hydrogen) atoms. The van der Waals surface area contributed by atoms with E-state index in [0.29, 0.717) is 29.8 Å². The largest absolute Gasteiger partial charge is 0.369 e. The lowest BCUT2D eigenvalue weighted by atomic mass is 10.1. The fourth-order valence-corrected chi connectivity index (χ4v) is 3.75. The molecule has 2 N–H and O–H groups in total. The number of nitrogens with one attached hydrogen (secondary N) is 2. The lowest BCUT2D eigenvalue weighted by molar-refractivity contribution is -0.120. The lowest BCUT2D eigenvalue weighted by Crippen LogP contribution is -2.29. The average molecular weight is 465 g/mol. The van der Waals surface area contributed by atoms with Crippen LogP contribution in [-0.4, -0.2) is 44.5 Å². The Morgan fingerprint density at radius 1 is 1.32 bits per heavy atom. The van der Waals surface area contributed by atoms with E-state index in [2.05, 4.69) is 39.5 Å². The van der Waals surface area contributed by atoms with Crippen LogP contribution in [0.4, 0.5) is 10.2 Å². The molecule has 2 aromatic heterocycles. The topological polar surface area (TPSA) is 84.7 Å². The highest BCUT2D eigenvalue weighted by molar-refractivity contribution is 7.99. The lowest BCUT2D eigenvalue weighted by Gasteiger charge is -2.11. The number of rotatable bonds is 10. The van der Waals surface area contributed by atoms with E-state index in [1.165, 1.54) is 12.1 Å². The minimum Gasteiger partial charge on any atom is -0.369 e. The van der Waals surface area contributed by atoms with Crippen molar-refractivity contribution >= 4 is 46.1 Å². The van der Waals surface area contributed by atoms with Crippen LogP contribution in [0.2, 0.25) is 5.02 Å². The van der Waals surface area contributed by atoms with Crippen LogP contribution in [0.3, 0.4) is 0 Å². The van der Waals surface area contributed by atoms with E-state index >= 15 is 0 Å². The molecule has 0 fully saturated rings. The quantitative estimate of drug-likeness (QED) is 0.346. The predicted octanol–water partition coefficient (Wildman–Crippen LogP) is 4.16. The zero-order chi connectivity index (χ0) is 22.4. The third kappa shape index (κ3) is 6.07. The number of nitrogens with zero attached hydrogens (tertiary/aromatic N) is 4. The van der Waals surface area contributed by atoms with Gasteiger partial charge in [0.1, 0.15) is 11.6 Å². The van der Waals surface area contributed by atoms with E-state index in [9.17, 15) is 9.18 Å². The highest BCUT2D eigenvalue weighted by Gasteiger charge is 2.15. The van der Waals surface area contributed by atoms with E-state index in [1.807, 2.05) is 6.92 Å². The first-order valence-corrected chi connectivity index (χ1v) is 11.5. The fourth-order valence-electron chi connectivity index (χ4n) is 2.95. The van der Waals surface area contributed by atoms with Crippen molar-refractivity contribution < 1.29 is 9.18 Å². The Morgan fingerprint density at radius 2 is 2.13 bits per heavy atom. The van der Waals surface area contributed by atoms with Crippen LogP contribution < -0.4 is 10.6 Å². The summed E-state index contributed by atoms with van der Waals surface area (Å²) in [6.45, 7) is 7.87. The number of anilines is 1. The zero-order valence-electron chi connectivity index (χ0n) is 17.8. The van der Waals surface area contributed by atoms with Gasteiger partial charge in [-0.25, -0.2) is 19.0 Å². The maximum atomic E-state index is 13.9. The van der Waals surface area contributed by atoms with Gasteiger partial charge in [-0.3, -0.25) is 4.79 Å². The van der Waals surface area contributed by atoms with E-state index in [-0.39, 0.29) is 22.9 Å². The first kappa shape index (κ1) is 23.3. The Bertz CT molecular complexity index is 1040. The summed E-state index contributed by atoms with van der Waals surface area (Å²) < 4.78 is 15.6. The number of carbonyl (C=O) groups is 1. The van der Waals surface area contributed by atoms with Gasteiger partial charge in [0.25, 0.3) is 0 Å². The summed E-state index contributed by atoms with van der Waals surface area (Å²) >= 11 is 7.56. The highest BCUT2D eigenvalue weighted by atomic mass is 35.5. The number of carbonyl (C=O) groups excluding carboxylic acids is 1. The number of halogens is 2. The number of hydrogen-bond acceptors (Lipinski definition) is 6. The van der Waals surface area contributed by atoms with Crippen LogP contribution >= 0.6 is 23.4 Å². The Morgan fingerprint density at radius 3 is 2.84 bits per heavy atom. The molecule has 0 aliphatic rings. The summed E-state index contributed by atoms with van der Waals surface area (Å²) in [6, 6.07) is 4.37. The fraction of sp³-hybridized carbons (Fsp3) is 0.429. The van der Waals surface area contributed by atoms with Crippen LogP contribution in [0.25, 0.3) is 11.0 Å². The Labute approximate surface area is 190 Å². The number of amides is 1. The number of aromatic nitrogens is 4. The van der Waals surface area contributed by atoms with Crippen LogP contribution in [0.1, 0.15) is 26.3 Å². The molecule has 0 bridgehead atoms. The summed E-state index contributed by atoms with van der Waals surface area (Å²) in [6.07, 6.45) is 1.62. The van der Waals surface area contributed by atoms with E-state index in [4.69, 9.17) is 11.6 Å². The molecule has 0 aliphatic carbocycles. The number of hydrogen-bond donors (Lipinski definition) is 2. The second kappa shape index (κ2) is 10.8. The second-order valence-corrected chi connectivity index (χ2v) is 9.03. The summed E-state index contributed by atoms with van der Waals surface area (Å²) in [4.78, 5) is 21.5. The molecule has 10 heteroatoms. The van der Waals surface area contributed by atoms with Gasteiger partial charge in [-0.1, -0.05) is 50.2 Å². The second-order valence-electron chi connectivity index (χ2n) is 7.39. The van der Waals surface area contributed by atoms with Crippen LogP contribution in [-0.2, 0) is 17.8 Å². The molecule has 0 atom stereocenters. The number of thioether (sulfide) groups is 1. The Hall–Kier alpha value is -2.39. The van der Waals surface area contributed by atoms with E-state index < -0.39 is 5.82 Å². The molecule has 1 aromatic carbocycles.